The van der Waals surface area contributed by atoms with E-state index in [0.29, 0.717) is 23.1 Å². The lowest BCUT2D eigenvalue weighted by Crippen LogP contribution is -2.39. The quantitative estimate of drug-likeness (QED) is 0.103. The number of nitrogens with zero attached hydrogens (tertiary/aromatic N) is 5. The Morgan fingerprint density at radius 2 is 1.98 bits per heavy atom. The lowest BCUT2D eigenvalue weighted by Gasteiger charge is -2.14. The van der Waals surface area contributed by atoms with Gasteiger partial charge in [-0.05, 0) is 36.4 Å². The van der Waals surface area contributed by atoms with Gasteiger partial charge in [0.05, 0.1) is 32.6 Å². The Hall–Kier alpha value is -4.96. The van der Waals surface area contributed by atoms with E-state index in [1.807, 2.05) is 6.07 Å². The van der Waals surface area contributed by atoms with Gasteiger partial charge in [0, 0.05) is 18.2 Å². The molecule has 1 atom stereocenters. The lowest BCUT2D eigenvalue weighted by atomic mass is 10.2. The highest BCUT2D eigenvalue weighted by atomic mass is 32.2. The molecule has 3 aromatic rings. The topological polar surface area (TPSA) is 176 Å². The highest BCUT2D eigenvalue weighted by Gasteiger charge is 2.33. The zero-order chi connectivity index (χ0) is 29.3. The maximum absolute atomic E-state index is 13.2. The molecule has 0 amide bonds. The molecule has 3 rings (SSSR count). The minimum atomic E-state index is -4.22. The van der Waals surface area contributed by atoms with Crippen LogP contribution in [-0.4, -0.2) is 61.7 Å². The average molecular weight is 567 g/mol. The second kappa shape index (κ2) is 13.2. The molecule has 3 N–H and O–H groups in total. The lowest BCUT2D eigenvalue weighted by molar-refractivity contribution is -0.583. The van der Waals surface area contributed by atoms with Gasteiger partial charge in [0.2, 0.25) is 0 Å². The van der Waals surface area contributed by atoms with E-state index >= 15 is 0 Å². The smallest absolute Gasteiger partial charge is 0.397 e. The number of rotatable bonds is 11. The summed E-state index contributed by atoms with van der Waals surface area (Å²) in [7, 11) is 0.136. The molecule has 2 aromatic heterocycles. The van der Waals surface area contributed by atoms with Gasteiger partial charge in [0.25, 0.3) is 15.8 Å². The fourth-order valence-corrected chi connectivity index (χ4v) is 4.57. The van der Waals surface area contributed by atoms with Crippen molar-refractivity contribution < 1.29 is 32.3 Å². The van der Waals surface area contributed by atoms with Crippen LogP contribution in [-0.2, 0) is 14.8 Å². The number of ether oxygens (including phenoxy) is 3. The summed E-state index contributed by atoms with van der Waals surface area (Å²) in [5.41, 5.74) is 3.58. The summed E-state index contributed by atoms with van der Waals surface area (Å²) < 4.78 is 46.6. The molecule has 0 spiro atoms. The molecule has 0 saturated heterocycles. The first-order valence-corrected chi connectivity index (χ1v) is 13.2. The molecule has 0 bridgehead atoms. The molecule has 0 saturated carbocycles. The number of hydrogen-bond acceptors (Lipinski definition) is 10. The maximum atomic E-state index is 13.2. The molecule has 0 radical (unpaired) electrons. The molecule has 1 aromatic carbocycles. The summed E-state index contributed by atoms with van der Waals surface area (Å²) in [5.74, 6) is 0.256. The van der Waals surface area contributed by atoms with E-state index in [2.05, 4.69) is 37.2 Å². The third-order valence-electron chi connectivity index (χ3n) is 5.38. The van der Waals surface area contributed by atoms with Gasteiger partial charge in [-0.25, -0.2) is 4.99 Å². The molecule has 0 aliphatic rings. The largest absolute Gasteiger partial charge is 0.493 e. The molecule has 0 fully saturated rings. The number of nitrogens with one attached hydrogen (secondary N) is 2. The van der Waals surface area contributed by atoms with E-state index in [9.17, 15) is 13.5 Å². The van der Waals surface area contributed by atoms with Crippen molar-refractivity contribution in [1.82, 2.24) is 15.2 Å². The number of aliphatic imine (C=N–C) groups is 1. The molecule has 13 nitrogen and oxygen atoms in total. The SMILES string of the molecule is C=C=C/C=C(\N=C(C)OC)c1[nH]nc(NS(=O)(=O)C[C@H](O)c2ccc(C#N)cn2)[n+]1-c1c(OC)cccc1OC. The van der Waals surface area contributed by atoms with Crippen LogP contribution in [0.25, 0.3) is 11.4 Å². The average Bonchev–Trinajstić information content (AvgIpc) is 3.35. The van der Waals surface area contributed by atoms with Crippen LogP contribution in [0.4, 0.5) is 5.95 Å². The zero-order valence-corrected chi connectivity index (χ0v) is 23.1. The van der Waals surface area contributed by atoms with E-state index in [-0.39, 0.29) is 28.7 Å². The molecule has 0 aliphatic heterocycles. The van der Waals surface area contributed by atoms with Crippen LogP contribution < -0.4 is 18.8 Å². The molecule has 14 heteroatoms. The minimum absolute atomic E-state index is 0.0807. The summed E-state index contributed by atoms with van der Waals surface area (Å²) in [6.45, 7) is 5.20. The van der Waals surface area contributed by atoms with Gasteiger partial charge in [-0.15, -0.1) is 5.73 Å². The van der Waals surface area contributed by atoms with Crippen molar-refractivity contribution in [1.29, 1.82) is 5.26 Å². The number of benzene rings is 1. The van der Waals surface area contributed by atoms with Crippen LogP contribution in [0.5, 0.6) is 11.5 Å². The predicted molar refractivity (Wildman–Crippen MR) is 146 cm³/mol. The number of anilines is 1. The second-order valence-electron chi connectivity index (χ2n) is 7.98. The summed E-state index contributed by atoms with van der Waals surface area (Å²) in [6, 6.07) is 9.76. The standard InChI is InChI=1S/C26H27N7O6S/c1-6-7-9-20(29-17(2)37-3)25-30-31-26(33(25)24-22(38-4)10-8-11-23(24)39-5)32-40(35,36)16-21(34)19-13-12-18(14-27)15-28-19/h7-13,15,21,34H,1,16H2,2-5H3,(H,31,32)/p+1/b20-9-,29-17?/t21-/m0/s1. The first-order valence-electron chi connectivity index (χ1n) is 11.6. The minimum Gasteiger partial charge on any atom is -0.493 e. The number of pyridine rings is 1. The van der Waals surface area contributed by atoms with Gasteiger partial charge in [-0.2, -0.15) is 28.1 Å². The summed E-state index contributed by atoms with van der Waals surface area (Å²) >= 11 is 0. The molecule has 2 heterocycles. The molecule has 0 unspecified atom stereocenters. The third kappa shape index (κ3) is 6.91. The first-order chi connectivity index (χ1) is 19.2. The fraction of sp³-hybridized carbons (Fsp3) is 0.231. The predicted octanol–water partition coefficient (Wildman–Crippen LogP) is 2.19. The summed E-state index contributed by atoms with van der Waals surface area (Å²) in [5, 5.41) is 26.5. The van der Waals surface area contributed by atoms with Crippen molar-refractivity contribution in [2.24, 2.45) is 4.99 Å². The Morgan fingerprint density at radius 1 is 1.27 bits per heavy atom. The third-order valence-corrected chi connectivity index (χ3v) is 6.63. The van der Waals surface area contributed by atoms with Crippen molar-refractivity contribution in [3.8, 4) is 23.3 Å². The Morgan fingerprint density at radius 3 is 2.52 bits per heavy atom. The van der Waals surface area contributed by atoms with E-state index in [4.69, 9.17) is 19.5 Å². The number of aromatic amines is 1. The summed E-state index contributed by atoms with van der Waals surface area (Å²) in [4.78, 5) is 8.42. The highest BCUT2D eigenvalue weighted by molar-refractivity contribution is 7.92. The van der Waals surface area contributed by atoms with Crippen LogP contribution in [0.1, 0.15) is 30.1 Å². The van der Waals surface area contributed by atoms with Gasteiger partial charge in [0.1, 0.15) is 23.6 Å². The van der Waals surface area contributed by atoms with Crippen molar-refractivity contribution in [3.05, 3.63) is 78.1 Å². The number of H-pyrrole nitrogens is 1. The van der Waals surface area contributed by atoms with Crippen molar-refractivity contribution in [2.75, 3.05) is 31.8 Å². The van der Waals surface area contributed by atoms with Gasteiger partial charge < -0.3 is 19.3 Å². The number of aliphatic hydroxyl groups is 1. The van der Waals surface area contributed by atoms with Gasteiger partial charge in [-0.3, -0.25) is 4.98 Å². The van der Waals surface area contributed by atoms with Crippen molar-refractivity contribution in [2.45, 2.75) is 13.0 Å². The van der Waals surface area contributed by atoms with Crippen LogP contribution in [0, 0.1) is 11.3 Å². The van der Waals surface area contributed by atoms with Crippen LogP contribution in [0.3, 0.4) is 0 Å². The number of aliphatic hydroxyl groups excluding tert-OH is 1. The molecular weight excluding hydrogens is 538 g/mol. The number of nitriles is 1. The number of allylic oxidation sites excluding steroid dienone is 2. The second-order valence-corrected chi connectivity index (χ2v) is 9.75. The Labute approximate surface area is 231 Å². The highest BCUT2D eigenvalue weighted by Crippen LogP contribution is 2.31. The molecule has 208 valence electrons. The van der Waals surface area contributed by atoms with Gasteiger partial charge >= 0.3 is 5.95 Å². The van der Waals surface area contributed by atoms with E-state index in [0.717, 1.165) is 0 Å². The normalized spacial score (nSPS) is 12.6. The molecule has 40 heavy (non-hydrogen) atoms. The van der Waals surface area contributed by atoms with Crippen LogP contribution >= 0.6 is 0 Å². The van der Waals surface area contributed by atoms with Gasteiger partial charge in [0.15, 0.2) is 23.1 Å². The maximum Gasteiger partial charge on any atom is 0.397 e. The fourth-order valence-electron chi connectivity index (χ4n) is 3.49. The van der Waals surface area contributed by atoms with Crippen molar-refractivity contribution in [3.63, 3.8) is 0 Å². The number of hydrogen-bond donors (Lipinski definition) is 3. The van der Waals surface area contributed by atoms with E-state index in [1.54, 1.807) is 31.2 Å². The van der Waals surface area contributed by atoms with Crippen LogP contribution in [0.15, 0.2) is 66.0 Å². The number of para-hydroxylation sites is 1. The summed E-state index contributed by atoms with van der Waals surface area (Å²) in [6.07, 6.45) is 2.84. The number of sulfonamides is 1. The van der Waals surface area contributed by atoms with Crippen molar-refractivity contribution >= 4 is 27.6 Å². The number of aromatic nitrogens is 4. The monoisotopic (exact) mass is 566 g/mol. The van der Waals surface area contributed by atoms with E-state index in [1.165, 1.54) is 50.3 Å². The molecular formula is C26H28N7O6S+. The first kappa shape index (κ1) is 29.6. The van der Waals surface area contributed by atoms with E-state index < -0.39 is 21.9 Å². The Kier molecular flexibility index (Phi) is 9.77. The zero-order valence-electron chi connectivity index (χ0n) is 22.2. The number of methoxy groups -OCH3 is 3. The molecule has 0 aliphatic carbocycles. The Balaban J connectivity index is 2.17. The Bertz CT molecular complexity index is 1590. The van der Waals surface area contributed by atoms with Crippen LogP contribution in [0.2, 0.25) is 0 Å². The van der Waals surface area contributed by atoms with Gasteiger partial charge in [-0.1, -0.05) is 12.6 Å².